The zero-order valence-electron chi connectivity index (χ0n) is 8.83. The van der Waals surface area contributed by atoms with Gasteiger partial charge in [-0.1, -0.05) is 0 Å². The van der Waals surface area contributed by atoms with Gasteiger partial charge in [-0.3, -0.25) is 4.79 Å². The normalized spacial score (nSPS) is 9.53. The molecule has 0 aromatic carbocycles. The van der Waals surface area contributed by atoms with E-state index in [2.05, 4.69) is 10.3 Å². The molecule has 1 amide bonds. The Bertz CT molecular complexity index is 379. The minimum atomic E-state index is -0.223. The van der Waals surface area contributed by atoms with Gasteiger partial charge in [0, 0.05) is 6.92 Å². The Hall–Kier alpha value is -1.98. The molecule has 0 bridgehead atoms. The fourth-order valence-corrected chi connectivity index (χ4v) is 1.09. The zero-order chi connectivity index (χ0) is 11.4. The van der Waals surface area contributed by atoms with E-state index >= 15 is 0 Å². The Morgan fingerprint density at radius 3 is 2.47 bits per heavy atom. The Kier molecular flexibility index (Phi) is 3.33. The molecule has 0 saturated carbocycles. The van der Waals surface area contributed by atoms with E-state index in [0.29, 0.717) is 11.4 Å². The van der Waals surface area contributed by atoms with Crippen LogP contribution >= 0.6 is 0 Å². The lowest BCUT2D eigenvalue weighted by molar-refractivity contribution is -0.114. The van der Waals surface area contributed by atoms with Crippen LogP contribution in [0.2, 0.25) is 0 Å². The molecule has 0 radical (unpaired) electrons. The van der Waals surface area contributed by atoms with Crippen LogP contribution in [0.4, 0.5) is 11.4 Å². The first-order valence-electron chi connectivity index (χ1n) is 4.24. The Morgan fingerprint density at radius 1 is 1.40 bits per heavy atom. The third-order valence-electron chi connectivity index (χ3n) is 1.68. The molecule has 0 spiro atoms. The van der Waals surface area contributed by atoms with Crippen molar-refractivity contribution in [3.8, 4) is 11.8 Å². The van der Waals surface area contributed by atoms with Crippen LogP contribution in [0, 0.1) is 0 Å². The van der Waals surface area contributed by atoms with E-state index in [1.54, 1.807) is 0 Å². The van der Waals surface area contributed by atoms with Crippen LogP contribution in [0.25, 0.3) is 0 Å². The molecule has 0 saturated heterocycles. The van der Waals surface area contributed by atoms with E-state index in [4.69, 9.17) is 15.2 Å². The van der Waals surface area contributed by atoms with E-state index in [1.165, 1.54) is 27.2 Å². The molecular weight excluding hydrogens is 198 g/mol. The van der Waals surface area contributed by atoms with Crippen molar-refractivity contribution in [1.82, 2.24) is 4.98 Å². The van der Waals surface area contributed by atoms with Crippen molar-refractivity contribution in [2.75, 3.05) is 25.3 Å². The van der Waals surface area contributed by atoms with Crippen molar-refractivity contribution in [3.63, 3.8) is 0 Å². The fourth-order valence-electron chi connectivity index (χ4n) is 1.09. The fraction of sp³-hybridized carbons (Fsp3) is 0.333. The van der Waals surface area contributed by atoms with E-state index < -0.39 is 0 Å². The van der Waals surface area contributed by atoms with Gasteiger partial charge in [0.05, 0.1) is 19.9 Å². The Labute approximate surface area is 87.4 Å². The smallest absolute Gasteiger partial charge is 0.241 e. The van der Waals surface area contributed by atoms with Gasteiger partial charge >= 0.3 is 0 Å². The van der Waals surface area contributed by atoms with E-state index in [9.17, 15) is 4.79 Å². The molecule has 1 aromatic heterocycles. The predicted octanol–water partition coefficient (Wildman–Crippen LogP) is 0.639. The van der Waals surface area contributed by atoms with Crippen LogP contribution in [0.3, 0.4) is 0 Å². The van der Waals surface area contributed by atoms with Crippen LogP contribution in [0.5, 0.6) is 11.8 Å². The highest BCUT2D eigenvalue weighted by Crippen LogP contribution is 2.30. The monoisotopic (exact) mass is 211 g/mol. The van der Waals surface area contributed by atoms with Gasteiger partial charge in [0.25, 0.3) is 0 Å². The number of carbonyl (C=O) groups excluding carboxylic acids is 1. The van der Waals surface area contributed by atoms with Crippen molar-refractivity contribution in [2.24, 2.45) is 0 Å². The number of carbonyl (C=O) groups is 1. The first-order valence-corrected chi connectivity index (χ1v) is 4.24. The number of pyridine rings is 1. The molecule has 0 atom stereocenters. The first-order chi connectivity index (χ1) is 7.08. The molecule has 1 aromatic rings. The molecule has 0 fully saturated rings. The Morgan fingerprint density at radius 2 is 2.00 bits per heavy atom. The third kappa shape index (κ3) is 2.49. The van der Waals surface area contributed by atoms with E-state index in [-0.39, 0.29) is 17.7 Å². The van der Waals surface area contributed by atoms with Gasteiger partial charge in [-0.2, -0.15) is 4.98 Å². The zero-order valence-corrected chi connectivity index (χ0v) is 8.83. The van der Waals surface area contributed by atoms with Crippen molar-refractivity contribution in [1.29, 1.82) is 0 Å². The highest BCUT2D eigenvalue weighted by Gasteiger charge is 2.11. The summed E-state index contributed by atoms with van der Waals surface area (Å²) in [5, 5.41) is 2.55. The second kappa shape index (κ2) is 4.50. The molecule has 1 heterocycles. The maximum Gasteiger partial charge on any atom is 0.241 e. The second-order valence-electron chi connectivity index (χ2n) is 2.82. The van der Waals surface area contributed by atoms with Gasteiger partial charge in [0.2, 0.25) is 17.7 Å². The number of hydrogen-bond acceptors (Lipinski definition) is 5. The maximum atomic E-state index is 10.9. The Balaban J connectivity index is 3.15. The third-order valence-corrected chi connectivity index (χ3v) is 1.68. The van der Waals surface area contributed by atoms with Crippen LogP contribution in [0.1, 0.15) is 6.92 Å². The summed E-state index contributed by atoms with van der Waals surface area (Å²) >= 11 is 0. The largest absolute Gasteiger partial charge is 0.479 e. The van der Waals surface area contributed by atoms with Crippen molar-refractivity contribution in [2.45, 2.75) is 6.92 Å². The molecule has 82 valence electrons. The number of nitrogens with two attached hydrogens (primary N) is 1. The van der Waals surface area contributed by atoms with Crippen LogP contribution < -0.4 is 20.5 Å². The molecule has 0 unspecified atom stereocenters. The SMILES string of the molecule is COc1nc(OC)c(NC(C)=O)cc1N. The number of amides is 1. The topological polar surface area (TPSA) is 86.5 Å². The summed E-state index contributed by atoms with van der Waals surface area (Å²) in [6.45, 7) is 1.39. The average molecular weight is 211 g/mol. The molecule has 15 heavy (non-hydrogen) atoms. The summed E-state index contributed by atoms with van der Waals surface area (Å²) < 4.78 is 9.90. The highest BCUT2D eigenvalue weighted by molar-refractivity contribution is 5.90. The molecule has 0 aliphatic rings. The number of anilines is 2. The van der Waals surface area contributed by atoms with Crippen LogP contribution in [0.15, 0.2) is 6.07 Å². The first kappa shape index (κ1) is 11.1. The van der Waals surface area contributed by atoms with E-state index in [0.717, 1.165) is 0 Å². The lowest BCUT2D eigenvalue weighted by Crippen LogP contribution is -2.09. The lowest BCUT2D eigenvalue weighted by Gasteiger charge is -2.11. The number of nitrogens with zero attached hydrogens (tertiary/aromatic N) is 1. The quantitative estimate of drug-likeness (QED) is 0.766. The molecule has 6 nitrogen and oxygen atoms in total. The van der Waals surface area contributed by atoms with Crippen LogP contribution in [-0.4, -0.2) is 25.1 Å². The molecule has 3 N–H and O–H groups in total. The molecular formula is C9H13N3O3. The molecule has 0 aliphatic heterocycles. The minimum absolute atomic E-state index is 0.223. The van der Waals surface area contributed by atoms with Crippen LogP contribution in [-0.2, 0) is 4.79 Å². The van der Waals surface area contributed by atoms with E-state index in [1.807, 2.05) is 0 Å². The summed E-state index contributed by atoms with van der Waals surface area (Å²) in [6.07, 6.45) is 0. The highest BCUT2D eigenvalue weighted by atomic mass is 16.5. The number of nitrogens with one attached hydrogen (secondary N) is 1. The maximum absolute atomic E-state index is 10.9. The molecule has 1 rings (SSSR count). The predicted molar refractivity (Wildman–Crippen MR) is 56.1 cm³/mol. The summed E-state index contributed by atoms with van der Waals surface area (Å²) in [5.41, 5.74) is 6.39. The van der Waals surface area contributed by atoms with Gasteiger partial charge in [-0.05, 0) is 6.07 Å². The van der Waals surface area contributed by atoms with Gasteiger partial charge in [-0.25, -0.2) is 0 Å². The summed E-state index contributed by atoms with van der Waals surface area (Å²) in [5.74, 6) is 0.303. The average Bonchev–Trinajstić information content (AvgIpc) is 2.17. The summed E-state index contributed by atoms with van der Waals surface area (Å²) in [6, 6.07) is 1.53. The number of nitrogen functional groups attached to an aromatic ring is 1. The number of rotatable bonds is 3. The van der Waals surface area contributed by atoms with Gasteiger partial charge < -0.3 is 20.5 Å². The number of methoxy groups -OCH3 is 2. The number of hydrogen-bond donors (Lipinski definition) is 2. The van der Waals surface area contributed by atoms with Crippen molar-refractivity contribution < 1.29 is 14.3 Å². The van der Waals surface area contributed by atoms with Gasteiger partial charge in [-0.15, -0.1) is 0 Å². The number of ether oxygens (including phenoxy) is 2. The van der Waals surface area contributed by atoms with Gasteiger partial charge in [0.1, 0.15) is 5.69 Å². The molecule has 6 heteroatoms. The standard InChI is InChI=1S/C9H13N3O3/c1-5(13)11-7-4-6(10)8(14-2)12-9(7)15-3/h4H,10H2,1-3H3,(H,11,13). The minimum Gasteiger partial charge on any atom is -0.479 e. The van der Waals surface area contributed by atoms with Gasteiger partial charge in [0.15, 0.2) is 0 Å². The summed E-state index contributed by atoms with van der Waals surface area (Å²) in [4.78, 5) is 14.9. The molecule has 0 aliphatic carbocycles. The second-order valence-corrected chi connectivity index (χ2v) is 2.82. The van der Waals surface area contributed by atoms with Crippen molar-refractivity contribution >= 4 is 17.3 Å². The number of aromatic nitrogens is 1. The summed E-state index contributed by atoms with van der Waals surface area (Å²) in [7, 11) is 2.90. The van der Waals surface area contributed by atoms with Crippen molar-refractivity contribution in [3.05, 3.63) is 6.07 Å². The lowest BCUT2D eigenvalue weighted by atomic mass is 10.3.